The third-order valence-corrected chi connectivity index (χ3v) is 3.01. The fraction of sp³-hybridized carbons (Fsp3) is 0.143. The van der Waals surface area contributed by atoms with E-state index in [9.17, 15) is 0 Å². The normalized spacial score (nSPS) is 10.8. The van der Waals surface area contributed by atoms with Gasteiger partial charge in [0.15, 0.2) is 5.65 Å². The summed E-state index contributed by atoms with van der Waals surface area (Å²) in [6, 6.07) is 11.7. The van der Waals surface area contributed by atoms with Crippen LogP contribution in [-0.4, -0.2) is 21.6 Å². The van der Waals surface area contributed by atoms with Crippen LogP contribution >= 0.6 is 0 Å². The van der Waals surface area contributed by atoms with Crippen LogP contribution in [0.1, 0.15) is 5.56 Å². The maximum atomic E-state index is 5.99. The number of hydrogen-bond acceptors (Lipinski definition) is 4. The van der Waals surface area contributed by atoms with Crippen LogP contribution in [-0.2, 0) is 0 Å². The van der Waals surface area contributed by atoms with Crippen molar-refractivity contribution >= 4 is 17.1 Å². The van der Waals surface area contributed by atoms with Crippen LogP contribution in [0.25, 0.3) is 16.9 Å². The van der Waals surface area contributed by atoms with E-state index in [0.29, 0.717) is 17.5 Å². The molecule has 2 heterocycles. The number of nitrogen functional groups attached to an aromatic ring is 1. The molecule has 5 heteroatoms. The number of anilines is 1. The van der Waals surface area contributed by atoms with Gasteiger partial charge in [0, 0.05) is 6.07 Å². The van der Waals surface area contributed by atoms with Crippen LogP contribution in [0, 0.1) is 6.92 Å². The first-order valence-electron chi connectivity index (χ1n) is 5.95. The van der Waals surface area contributed by atoms with Gasteiger partial charge in [-0.15, -0.1) is 0 Å². The van der Waals surface area contributed by atoms with E-state index in [1.807, 2.05) is 41.8 Å². The lowest BCUT2D eigenvalue weighted by molar-refractivity contribution is 0.399. The lowest BCUT2D eigenvalue weighted by Gasteiger charge is -2.06. The van der Waals surface area contributed by atoms with Crippen molar-refractivity contribution in [3.63, 3.8) is 0 Å². The molecule has 3 rings (SSSR count). The van der Waals surface area contributed by atoms with Gasteiger partial charge in [-0.1, -0.05) is 17.7 Å². The Morgan fingerprint density at radius 1 is 1.05 bits per heavy atom. The molecule has 1 aromatic carbocycles. The number of aromatic nitrogens is 3. The zero-order chi connectivity index (χ0) is 13.4. The third kappa shape index (κ3) is 1.89. The van der Waals surface area contributed by atoms with Crippen molar-refractivity contribution < 1.29 is 4.74 Å². The molecular weight excluding hydrogens is 240 g/mol. The lowest BCUT2D eigenvalue weighted by atomic mass is 10.2. The highest BCUT2D eigenvalue weighted by molar-refractivity contribution is 5.77. The van der Waals surface area contributed by atoms with Crippen LogP contribution in [0.3, 0.4) is 0 Å². The highest BCUT2D eigenvalue weighted by Gasteiger charge is 2.12. The molecule has 5 nitrogen and oxygen atoms in total. The molecule has 0 aliphatic heterocycles. The molecule has 0 aliphatic rings. The summed E-state index contributed by atoms with van der Waals surface area (Å²) < 4.78 is 6.97. The number of aryl methyl sites for hydroxylation is 1. The highest BCUT2D eigenvalue weighted by Crippen LogP contribution is 2.23. The van der Waals surface area contributed by atoms with Gasteiger partial charge in [-0.05, 0) is 25.1 Å². The molecule has 0 amide bonds. The average Bonchev–Trinajstić information content (AvgIpc) is 2.75. The van der Waals surface area contributed by atoms with E-state index in [0.717, 1.165) is 11.2 Å². The predicted molar refractivity (Wildman–Crippen MR) is 74.6 cm³/mol. The summed E-state index contributed by atoms with van der Waals surface area (Å²) in [6.45, 7) is 2.04. The summed E-state index contributed by atoms with van der Waals surface area (Å²) >= 11 is 0. The van der Waals surface area contributed by atoms with Gasteiger partial charge in [-0.3, -0.25) is 4.57 Å². The minimum absolute atomic E-state index is 0.416. The molecule has 3 aromatic rings. The Balaban J connectivity index is 2.26. The number of nitrogens with zero attached hydrogens (tertiary/aromatic N) is 3. The van der Waals surface area contributed by atoms with Crippen molar-refractivity contribution in [3.8, 4) is 11.6 Å². The molecule has 0 bridgehead atoms. The average molecular weight is 254 g/mol. The zero-order valence-electron chi connectivity index (χ0n) is 10.8. The van der Waals surface area contributed by atoms with Crippen molar-refractivity contribution in [1.82, 2.24) is 14.5 Å². The summed E-state index contributed by atoms with van der Waals surface area (Å²) in [6.07, 6.45) is 0. The Kier molecular flexibility index (Phi) is 2.59. The van der Waals surface area contributed by atoms with Gasteiger partial charge < -0.3 is 10.5 Å². The number of pyridine rings is 1. The van der Waals surface area contributed by atoms with Crippen LogP contribution in [0.5, 0.6) is 5.88 Å². The first kappa shape index (κ1) is 11.5. The summed E-state index contributed by atoms with van der Waals surface area (Å²) in [5, 5.41) is 0. The van der Waals surface area contributed by atoms with Gasteiger partial charge in [0.05, 0.1) is 12.8 Å². The fourth-order valence-corrected chi connectivity index (χ4v) is 2.02. The molecule has 0 atom stereocenters. The second-order valence-corrected chi connectivity index (χ2v) is 4.34. The van der Waals surface area contributed by atoms with Crippen molar-refractivity contribution in [3.05, 3.63) is 42.0 Å². The fourth-order valence-electron chi connectivity index (χ4n) is 2.02. The van der Waals surface area contributed by atoms with Crippen LogP contribution in [0.2, 0.25) is 0 Å². The van der Waals surface area contributed by atoms with Crippen molar-refractivity contribution in [2.24, 2.45) is 0 Å². The first-order chi connectivity index (χ1) is 9.19. The van der Waals surface area contributed by atoms with Crippen LogP contribution in [0.15, 0.2) is 36.4 Å². The maximum absolute atomic E-state index is 5.99. The standard InChI is InChI=1S/C14H14N4O/c1-9-3-5-10(6-4-9)18-13-11(16-14(18)15)7-8-12(17-13)19-2/h3-8H,1-2H3,(H2,15,16). The van der Waals surface area contributed by atoms with Gasteiger partial charge in [0.1, 0.15) is 5.52 Å². The number of nitrogens with two attached hydrogens (primary N) is 1. The van der Waals surface area contributed by atoms with E-state index < -0.39 is 0 Å². The molecule has 0 saturated carbocycles. The molecule has 0 unspecified atom stereocenters. The molecule has 0 spiro atoms. The second-order valence-electron chi connectivity index (χ2n) is 4.34. The molecule has 2 aromatic heterocycles. The number of fused-ring (bicyclic) bond motifs is 1. The molecule has 0 radical (unpaired) electrons. The predicted octanol–water partition coefficient (Wildman–Crippen LogP) is 2.32. The van der Waals surface area contributed by atoms with Crippen molar-refractivity contribution in [2.45, 2.75) is 6.92 Å². The van der Waals surface area contributed by atoms with E-state index in [-0.39, 0.29) is 0 Å². The van der Waals surface area contributed by atoms with Gasteiger partial charge in [0.2, 0.25) is 11.8 Å². The minimum atomic E-state index is 0.416. The second kappa shape index (κ2) is 4.28. The van der Waals surface area contributed by atoms with E-state index in [1.165, 1.54) is 5.56 Å². The van der Waals surface area contributed by atoms with Crippen molar-refractivity contribution in [2.75, 3.05) is 12.8 Å². The number of imidazole rings is 1. The molecule has 0 aliphatic carbocycles. The molecule has 0 fully saturated rings. The molecule has 19 heavy (non-hydrogen) atoms. The van der Waals surface area contributed by atoms with Gasteiger partial charge >= 0.3 is 0 Å². The Bertz CT molecular complexity index is 731. The maximum Gasteiger partial charge on any atom is 0.215 e. The molecule has 0 saturated heterocycles. The largest absolute Gasteiger partial charge is 0.481 e. The molecular formula is C14H14N4O. The molecule has 96 valence electrons. The van der Waals surface area contributed by atoms with Crippen molar-refractivity contribution in [1.29, 1.82) is 0 Å². The SMILES string of the molecule is COc1ccc2nc(N)n(-c3ccc(C)cc3)c2n1. The van der Waals surface area contributed by atoms with Gasteiger partial charge in [0.25, 0.3) is 0 Å². The smallest absolute Gasteiger partial charge is 0.215 e. The minimum Gasteiger partial charge on any atom is -0.481 e. The summed E-state index contributed by atoms with van der Waals surface area (Å²) in [4.78, 5) is 8.72. The van der Waals surface area contributed by atoms with E-state index >= 15 is 0 Å². The monoisotopic (exact) mass is 254 g/mol. The third-order valence-electron chi connectivity index (χ3n) is 3.01. The van der Waals surface area contributed by atoms with E-state index in [2.05, 4.69) is 9.97 Å². The number of ether oxygens (including phenoxy) is 1. The van der Waals surface area contributed by atoms with E-state index in [1.54, 1.807) is 13.2 Å². The number of rotatable bonds is 2. The Labute approximate surface area is 110 Å². The lowest BCUT2D eigenvalue weighted by Crippen LogP contribution is -2.01. The van der Waals surface area contributed by atoms with Crippen LogP contribution in [0.4, 0.5) is 5.95 Å². The Morgan fingerprint density at radius 3 is 2.47 bits per heavy atom. The zero-order valence-corrected chi connectivity index (χ0v) is 10.8. The molecule has 2 N–H and O–H groups in total. The first-order valence-corrected chi connectivity index (χ1v) is 5.95. The van der Waals surface area contributed by atoms with Gasteiger partial charge in [-0.25, -0.2) is 4.98 Å². The Hall–Kier alpha value is -2.56. The van der Waals surface area contributed by atoms with Gasteiger partial charge in [-0.2, -0.15) is 4.98 Å². The quantitative estimate of drug-likeness (QED) is 0.762. The number of methoxy groups -OCH3 is 1. The summed E-state index contributed by atoms with van der Waals surface area (Å²) in [5.74, 6) is 0.959. The summed E-state index contributed by atoms with van der Waals surface area (Å²) in [5.41, 5.74) is 9.56. The summed E-state index contributed by atoms with van der Waals surface area (Å²) in [7, 11) is 1.59. The Morgan fingerprint density at radius 2 is 1.79 bits per heavy atom. The number of hydrogen-bond donors (Lipinski definition) is 1. The van der Waals surface area contributed by atoms with E-state index in [4.69, 9.17) is 10.5 Å². The van der Waals surface area contributed by atoms with Crippen LogP contribution < -0.4 is 10.5 Å². The highest BCUT2D eigenvalue weighted by atomic mass is 16.5. The number of benzene rings is 1. The topological polar surface area (TPSA) is 66.0 Å².